The first kappa shape index (κ1) is 21.2. The number of rotatable bonds is 6. The van der Waals surface area contributed by atoms with E-state index >= 15 is 0 Å². The molecule has 1 N–H and O–H groups in total. The highest BCUT2D eigenvalue weighted by Gasteiger charge is 2.14. The van der Waals surface area contributed by atoms with Crippen molar-refractivity contribution < 1.29 is 18.3 Å². The minimum absolute atomic E-state index is 0.0273. The first-order chi connectivity index (χ1) is 14.5. The molecule has 0 bridgehead atoms. The third-order valence-electron chi connectivity index (χ3n) is 4.04. The Hall–Kier alpha value is -3.50. The Bertz CT molecular complexity index is 1160. The van der Waals surface area contributed by atoms with Gasteiger partial charge in [0.25, 0.3) is 5.91 Å². The number of hydrogen-bond donors (Lipinski definition) is 1. The lowest BCUT2D eigenvalue weighted by molar-refractivity contribution is -0.112. The van der Waals surface area contributed by atoms with Gasteiger partial charge in [-0.2, -0.15) is 5.26 Å². The van der Waals surface area contributed by atoms with Crippen LogP contribution < -0.4 is 10.1 Å². The van der Waals surface area contributed by atoms with Crippen LogP contribution in [-0.2, 0) is 11.4 Å². The van der Waals surface area contributed by atoms with Crippen LogP contribution in [0.1, 0.15) is 11.1 Å². The van der Waals surface area contributed by atoms with Gasteiger partial charge in [0.2, 0.25) is 0 Å². The number of amides is 1. The molecule has 0 fully saturated rings. The third-order valence-corrected chi connectivity index (χ3v) is 4.54. The van der Waals surface area contributed by atoms with Crippen molar-refractivity contribution in [3.05, 3.63) is 99.5 Å². The van der Waals surface area contributed by atoms with E-state index in [0.717, 1.165) is 0 Å². The molecule has 0 unspecified atom stereocenters. The summed E-state index contributed by atoms with van der Waals surface area (Å²) in [4.78, 5) is 12.5. The van der Waals surface area contributed by atoms with Crippen molar-refractivity contribution in [3.8, 4) is 11.8 Å². The first-order valence-electron chi connectivity index (χ1n) is 8.81. The zero-order valence-electron chi connectivity index (χ0n) is 15.5. The number of nitrogens with one attached hydrogen (secondary N) is 1. The molecular weight excluding hydrogens is 454 g/mol. The van der Waals surface area contributed by atoms with Crippen LogP contribution in [0.5, 0.6) is 5.75 Å². The number of para-hydroxylation sites is 1. The monoisotopic (exact) mass is 468 g/mol. The van der Waals surface area contributed by atoms with Crippen molar-refractivity contribution in [1.82, 2.24) is 0 Å². The quantitative estimate of drug-likeness (QED) is 0.364. The van der Waals surface area contributed by atoms with E-state index in [4.69, 9.17) is 4.74 Å². The summed E-state index contributed by atoms with van der Waals surface area (Å²) in [5.41, 5.74) is 0.832. The number of anilines is 1. The maximum absolute atomic E-state index is 13.8. The highest BCUT2D eigenvalue weighted by atomic mass is 79.9. The van der Waals surface area contributed by atoms with Gasteiger partial charge in [-0.15, -0.1) is 0 Å². The molecule has 0 atom stereocenters. The standard InChI is InChI=1S/C23H15BrF2N2O2/c24-18-8-9-22(30-14-15-4-3-5-19(25)10-15)16(12-18)11-17(13-27)23(29)28-21-7-2-1-6-20(21)26/h1-12H,14H2,(H,28,29)/b17-11-. The molecule has 0 heterocycles. The molecule has 4 nitrogen and oxygen atoms in total. The summed E-state index contributed by atoms with van der Waals surface area (Å²) in [7, 11) is 0. The summed E-state index contributed by atoms with van der Waals surface area (Å²) < 4.78 is 33.6. The van der Waals surface area contributed by atoms with Crippen molar-refractivity contribution >= 4 is 33.6 Å². The summed E-state index contributed by atoms with van der Waals surface area (Å²) >= 11 is 3.35. The van der Waals surface area contributed by atoms with E-state index in [-0.39, 0.29) is 23.7 Å². The Kier molecular flexibility index (Phi) is 6.94. The number of nitrogens with zero attached hydrogens (tertiary/aromatic N) is 1. The fraction of sp³-hybridized carbons (Fsp3) is 0.0435. The molecule has 0 saturated carbocycles. The van der Waals surface area contributed by atoms with E-state index in [1.807, 2.05) is 6.07 Å². The Morgan fingerprint density at radius 3 is 2.63 bits per heavy atom. The van der Waals surface area contributed by atoms with Crippen molar-refractivity contribution in [1.29, 1.82) is 5.26 Å². The second-order valence-electron chi connectivity index (χ2n) is 6.20. The van der Waals surface area contributed by atoms with Crippen LogP contribution in [0.3, 0.4) is 0 Å². The van der Waals surface area contributed by atoms with Gasteiger partial charge in [-0.1, -0.05) is 40.2 Å². The summed E-state index contributed by atoms with van der Waals surface area (Å²) in [5.74, 6) is -1.33. The highest BCUT2D eigenvalue weighted by Crippen LogP contribution is 2.27. The maximum atomic E-state index is 13.8. The predicted octanol–water partition coefficient (Wildman–Crippen LogP) is 5.85. The van der Waals surface area contributed by atoms with Gasteiger partial charge in [0, 0.05) is 10.0 Å². The normalized spacial score (nSPS) is 10.9. The molecule has 3 aromatic rings. The number of benzene rings is 3. The van der Waals surface area contributed by atoms with Gasteiger partial charge in [-0.05, 0) is 54.1 Å². The summed E-state index contributed by atoms with van der Waals surface area (Å²) in [6.45, 7) is 0.101. The molecular formula is C23H15BrF2N2O2. The Balaban J connectivity index is 1.84. The Morgan fingerprint density at radius 2 is 1.90 bits per heavy atom. The molecule has 30 heavy (non-hydrogen) atoms. The predicted molar refractivity (Wildman–Crippen MR) is 113 cm³/mol. The van der Waals surface area contributed by atoms with E-state index in [0.29, 0.717) is 21.3 Å². The zero-order chi connectivity index (χ0) is 21.5. The molecule has 3 rings (SSSR count). The zero-order valence-corrected chi connectivity index (χ0v) is 17.1. The second-order valence-corrected chi connectivity index (χ2v) is 7.12. The average molecular weight is 469 g/mol. The molecule has 3 aromatic carbocycles. The van der Waals surface area contributed by atoms with Crippen LogP contribution in [0.4, 0.5) is 14.5 Å². The summed E-state index contributed by atoms with van der Waals surface area (Å²) in [6.07, 6.45) is 1.35. The van der Waals surface area contributed by atoms with Gasteiger partial charge >= 0.3 is 0 Å². The fourth-order valence-corrected chi connectivity index (χ4v) is 2.99. The molecule has 0 saturated heterocycles. The molecule has 0 aliphatic carbocycles. The molecule has 0 aliphatic heterocycles. The third kappa shape index (κ3) is 5.52. The second kappa shape index (κ2) is 9.81. The van der Waals surface area contributed by atoms with Gasteiger partial charge in [0.05, 0.1) is 5.69 Å². The summed E-state index contributed by atoms with van der Waals surface area (Å²) in [5, 5.41) is 11.8. The molecule has 0 spiro atoms. The van der Waals surface area contributed by atoms with E-state index < -0.39 is 11.7 Å². The maximum Gasteiger partial charge on any atom is 0.266 e. The van der Waals surface area contributed by atoms with E-state index in [2.05, 4.69) is 21.2 Å². The number of carbonyl (C=O) groups excluding carboxylic acids is 1. The van der Waals surface area contributed by atoms with Crippen LogP contribution in [0, 0.1) is 23.0 Å². The number of ether oxygens (including phenoxy) is 1. The van der Waals surface area contributed by atoms with Crippen molar-refractivity contribution in [3.63, 3.8) is 0 Å². The van der Waals surface area contributed by atoms with Crippen LogP contribution in [0.25, 0.3) is 6.08 Å². The van der Waals surface area contributed by atoms with Gasteiger partial charge in [-0.25, -0.2) is 8.78 Å². The smallest absolute Gasteiger partial charge is 0.266 e. The average Bonchev–Trinajstić information content (AvgIpc) is 2.73. The van der Waals surface area contributed by atoms with Crippen LogP contribution in [-0.4, -0.2) is 5.91 Å². The lowest BCUT2D eigenvalue weighted by Gasteiger charge is -2.11. The number of halogens is 3. The largest absolute Gasteiger partial charge is 0.488 e. The van der Waals surface area contributed by atoms with Crippen molar-refractivity contribution in [2.24, 2.45) is 0 Å². The lowest BCUT2D eigenvalue weighted by Crippen LogP contribution is -2.14. The highest BCUT2D eigenvalue weighted by molar-refractivity contribution is 9.10. The minimum atomic E-state index is -0.751. The topological polar surface area (TPSA) is 62.1 Å². The minimum Gasteiger partial charge on any atom is -0.488 e. The fourth-order valence-electron chi connectivity index (χ4n) is 2.61. The van der Waals surface area contributed by atoms with E-state index in [1.54, 1.807) is 36.4 Å². The van der Waals surface area contributed by atoms with Gasteiger partial charge in [0.1, 0.15) is 35.6 Å². The SMILES string of the molecule is N#C/C(=C/c1cc(Br)ccc1OCc1cccc(F)c1)C(=O)Nc1ccccc1F. The lowest BCUT2D eigenvalue weighted by atomic mass is 10.1. The van der Waals surface area contributed by atoms with E-state index in [9.17, 15) is 18.8 Å². The van der Waals surface area contributed by atoms with Crippen molar-refractivity contribution in [2.75, 3.05) is 5.32 Å². The van der Waals surface area contributed by atoms with Crippen LogP contribution >= 0.6 is 15.9 Å². The molecule has 1 amide bonds. The molecule has 0 aromatic heterocycles. The van der Waals surface area contributed by atoms with E-state index in [1.165, 1.54) is 36.4 Å². The molecule has 7 heteroatoms. The van der Waals surface area contributed by atoms with Gasteiger partial charge in [0.15, 0.2) is 0 Å². The summed E-state index contributed by atoms with van der Waals surface area (Å²) in [6, 6.07) is 18.6. The number of carbonyl (C=O) groups is 1. The van der Waals surface area contributed by atoms with Crippen LogP contribution in [0.15, 0.2) is 76.8 Å². The first-order valence-corrected chi connectivity index (χ1v) is 9.60. The van der Waals surface area contributed by atoms with Gasteiger partial charge in [-0.3, -0.25) is 4.79 Å². The number of nitriles is 1. The Labute approximate surface area is 180 Å². The van der Waals surface area contributed by atoms with Gasteiger partial charge < -0.3 is 10.1 Å². The molecule has 0 aliphatic rings. The Morgan fingerprint density at radius 1 is 1.10 bits per heavy atom. The molecule has 150 valence electrons. The molecule has 0 radical (unpaired) electrons. The van der Waals surface area contributed by atoms with Crippen molar-refractivity contribution in [2.45, 2.75) is 6.61 Å². The van der Waals surface area contributed by atoms with Crippen LogP contribution in [0.2, 0.25) is 0 Å². The number of hydrogen-bond acceptors (Lipinski definition) is 3.